The number of fused-ring (bicyclic) bond motifs is 2. The minimum absolute atomic E-state index is 0.311. The number of aliphatic imine (C=N–C) groups is 1. The van der Waals surface area contributed by atoms with E-state index in [0.29, 0.717) is 28.9 Å². The van der Waals surface area contributed by atoms with Gasteiger partial charge in [0.2, 0.25) is 0 Å². The fourth-order valence-corrected chi connectivity index (χ4v) is 5.23. The summed E-state index contributed by atoms with van der Waals surface area (Å²) in [7, 11) is 0. The summed E-state index contributed by atoms with van der Waals surface area (Å²) >= 11 is 0. The van der Waals surface area contributed by atoms with Crippen molar-refractivity contribution < 1.29 is 0 Å². The van der Waals surface area contributed by atoms with Gasteiger partial charge in [-0.25, -0.2) is 4.99 Å². The van der Waals surface area contributed by atoms with Gasteiger partial charge in [-0.2, -0.15) is 0 Å². The number of nitrogens with two attached hydrogens (primary N) is 1. The molecule has 3 aliphatic rings. The number of guanidine groups is 1. The average Bonchev–Trinajstić information content (AvgIpc) is 2.87. The molecule has 3 unspecified atom stereocenters. The van der Waals surface area contributed by atoms with Gasteiger partial charge in [-0.05, 0) is 48.9 Å². The number of hydrogen-bond acceptors (Lipinski definition) is 1. The Morgan fingerprint density at radius 3 is 2.40 bits per heavy atom. The molecule has 0 spiro atoms. The molecule has 0 radical (unpaired) electrons. The normalized spacial score (nSPS) is 41.0. The van der Waals surface area contributed by atoms with Gasteiger partial charge < -0.3 is 11.1 Å². The largest absolute Gasteiger partial charge is 0.370 e. The third-order valence-corrected chi connectivity index (χ3v) is 6.42. The van der Waals surface area contributed by atoms with Gasteiger partial charge in [0.1, 0.15) is 0 Å². The molecule has 3 nitrogen and oxygen atoms in total. The second-order valence-corrected chi connectivity index (χ2v) is 8.31. The van der Waals surface area contributed by atoms with Gasteiger partial charge in [0, 0.05) is 6.04 Å². The monoisotopic (exact) mass is 277 g/mol. The van der Waals surface area contributed by atoms with Crippen molar-refractivity contribution in [3.05, 3.63) is 0 Å². The molecular formula is C17H31N3. The van der Waals surface area contributed by atoms with Crippen LogP contribution in [-0.2, 0) is 0 Å². The van der Waals surface area contributed by atoms with E-state index in [1.165, 1.54) is 51.4 Å². The van der Waals surface area contributed by atoms with Crippen LogP contribution in [0.3, 0.4) is 0 Å². The van der Waals surface area contributed by atoms with E-state index in [-0.39, 0.29) is 0 Å². The molecule has 3 rings (SSSR count). The fraction of sp³-hybridized carbons (Fsp3) is 0.941. The lowest BCUT2D eigenvalue weighted by molar-refractivity contribution is 0.142. The first-order chi connectivity index (χ1) is 9.42. The zero-order valence-electron chi connectivity index (χ0n) is 13.4. The van der Waals surface area contributed by atoms with Crippen molar-refractivity contribution in [3.63, 3.8) is 0 Å². The molecule has 0 aromatic heterocycles. The Morgan fingerprint density at radius 1 is 1.10 bits per heavy atom. The smallest absolute Gasteiger partial charge is 0.189 e. The van der Waals surface area contributed by atoms with E-state index in [9.17, 15) is 0 Å². The summed E-state index contributed by atoms with van der Waals surface area (Å²) in [6.07, 6.45) is 10.6. The van der Waals surface area contributed by atoms with E-state index in [2.05, 4.69) is 26.1 Å². The van der Waals surface area contributed by atoms with Crippen LogP contribution >= 0.6 is 0 Å². The van der Waals surface area contributed by atoms with Crippen LogP contribution in [0.2, 0.25) is 0 Å². The second kappa shape index (κ2) is 4.92. The van der Waals surface area contributed by atoms with E-state index >= 15 is 0 Å². The molecule has 0 aromatic rings. The quantitative estimate of drug-likeness (QED) is 0.600. The van der Waals surface area contributed by atoms with Crippen molar-refractivity contribution in [1.29, 1.82) is 0 Å². The Labute approximate surface area is 123 Å². The molecule has 3 aliphatic carbocycles. The number of rotatable bonds is 2. The van der Waals surface area contributed by atoms with E-state index in [1.54, 1.807) is 0 Å². The Hall–Kier alpha value is -0.730. The van der Waals surface area contributed by atoms with Gasteiger partial charge in [-0.1, -0.05) is 40.0 Å². The van der Waals surface area contributed by atoms with Gasteiger partial charge in [-0.3, -0.25) is 0 Å². The second-order valence-electron chi connectivity index (χ2n) is 8.31. The summed E-state index contributed by atoms with van der Waals surface area (Å²) in [6, 6.07) is 0.951. The van der Waals surface area contributed by atoms with Gasteiger partial charge in [0.25, 0.3) is 0 Å². The van der Waals surface area contributed by atoms with Crippen molar-refractivity contribution >= 4 is 5.96 Å². The third kappa shape index (κ3) is 2.33. The van der Waals surface area contributed by atoms with Crippen LogP contribution < -0.4 is 11.1 Å². The summed E-state index contributed by atoms with van der Waals surface area (Å²) in [5, 5.41) is 3.49. The maximum atomic E-state index is 6.24. The molecule has 20 heavy (non-hydrogen) atoms. The minimum Gasteiger partial charge on any atom is -0.370 e. The Balaban J connectivity index is 1.70. The van der Waals surface area contributed by atoms with Crippen LogP contribution in [0.4, 0.5) is 0 Å². The summed E-state index contributed by atoms with van der Waals surface area (Å²) in [6.45, 7) is 7.21. The molecule has 3 fully saturated rings. The van der Waals surface area contributed by atoms with Gasteiger partial charge in [0.15, 0.2) is 5.96 Å². The molecule has 0 heterocycles. The first-order valence-electron chi connectivity index (χ1n) is 8.52. The Morgan fingerprint density at radius 2 is 1.80 bits per heavy atom. The maximum Gasteiger partial charge on any atom is 0.189 e. The van der Waals surface area contributed by atoms with E-state index < -0.39 is 0 Å². The molecule has 3 heteroatoms. The SMILES string of the molecule is CC12CCC(C1)C(C)(C)C2N=C(N)NC1CCCCC1. The molecule has 114 valence electrons. The highest BCUT2D eigenvalue weighted by atomic mass is 15.1. The highest BCUT2D eigenvalue weighted by molar-refractivity contribution is 5.78. The third-order valence-electron chi connectivity index (χ3n) is 6.42. The van der Waals surface area contributed by atoms with Crippen LogP contribution in [0, 0.1) is 16.7 Å². The summed E-state index contributed by atoms with van der Waals surface area (Å²) < 4.78 is 0. The summed E-state index contributed by atoms with van der Waals surface area (Å²) in [5.41, 5.74) is 6.93. The molecule has 3 N–H and O–H groups in total. The van der Waals surface area contributed by atoms with Crippen molar-refractivity contribution in [2.24, 2.45) is 27.5 Å². The predicted octanol–water partition coefficient (Wildman–Crippen LogP) is 3.44. The first kappa shape index (κ1) is 14.2. The van der Waals surface area contributed by atoms with E-state index in [1.807, 2.05) is 0 Å². The molecule has 0 aliphatic heterocycles. The topological polar surface area (TPSA) is 50.4 Å². The molecule has 0 saturated heterocycles. The standard InChI is InChI=1S/C17H31N3/c1-16(2)12-9-10-17(3,11-12)14(16)20-15(18)19-13-7-5-4-6-8-13/h12-14H,4-11H2,1-3H3,(H3,18,19,20). The lowest BCUT2D eigenvalue weighted by atomic mass is 9.69. The molecule has 0 aromatic carbocycles. The lowest BCUT2D eigenvalue weighted by Gasteiger charge is -2.40. The van der Waals surface area contributed by atoms with Crippen LogP contribution in [0.15, 0.2) is 4.99 Å². The highest BCUT2D eigenvalue weighted by Crippen LogP contribution is 2.63. The van der Waals surface area contributed by atoms with Crippen LogP contribution in [0.1, 0.15) is 72.1 Å². The Bertz CT molecular complexity index is 390. The molecule has 2 bridgehead atoms. The van der Waals surface area contributed by atoms with Crippen molar-refractivity contribution in [2.75, 3.05) is 0 Å². The molecular weight excluding hydrogens is 246 g/mol. The maximum absolute atomic E-state index is 6.24. The van der Waals surface area contributed by atoms with Crippen LogP contribution in [0.25, 0.3) is 0 Å². The van der Waals surface area contributed by atoms with Gasteiger partial charge in [0.05, 0.1) is 6.04 Å². The molecule has 0 amide bonds. The fourth-order valence-electron chi connectivity index (χ4n) is 5.23. The Kier molecular flexibility index (Phi) is 3.50. The van der Waals surface area contributed by atoms with E-state index in [4.69, 9.17) is 10.7 Å². The van der Waals surface area contributed by atoms with Crippen molar-refractivity contribution in [2.45, 2.75) is 84.2 Å². The van der Waals surface area contributed by atoms with E-state index in [0.717, 1.165) is 5.92 Å². The van der Waals surface area contributed by atoms with Crippen LogP contribution in [0.5, 0.6) is 0 Å². The summed E-state index contributed by atoms with van der Waals surface area (Å²) in [5.74, 6) is 1.53. The van der Waals surface area contributed by atoms with Crippen molar-refractivity contribution in [1.82, 2.24) is 5.32 Å². The zero-order valence-corrected chi connectivity index (χ0v) is 13.4. The van der Waals surface area contributed by atoms with Crippen molar-refractivity contribution in [3.8, 4) is 0 Å². The van der Waals surface area contributed by atoms with Crippen LogP contribution in [-0.4, -0.2) is 18.0 Å². The lowest BCUT2D eigenvalue weighted by Crippen LogP contribution is -2.45. The minimum atomic E-state index is 0.311. The zero-order chi connectivity index (χ0) is 14.4. The number of nitrogens with zero attached hydrogens (tertiary/aromatic N) is 1. The van der Waals surface area contributed by atoms with Gasteiger partial charge >= 0.3 is 0 Å². The molecule has 3 atom stereocenters. The molecule has 3 saturated carbocycles. The average molecular weight is 277 g/mol. The first-order valence-corrected chi connectivity index (χ1v) is 8.52. The highest BCUT2D eigenvalue weighted by Gasteiger charge is 2.59. The van der Waals surface area contributed by atoms with Gasteiger partial charge in [-0.15, -0.1) is 0 Å². The number of hydrogen-bond donors (Lipinski definition) is 2. The summed E-state index contributed by atoms with van der Waals surface area (Å²) in [4.78, 5) is 4.96. The number of nitrogens with one attached hydrogen (secondary N) is 1. The predicted molar refractivity (Wildman–Crippen MR) is 84.6 cm³/mol.